The molecular weight excluding hydrogens is 353 g/mol. The zero-order valence-corrected chi connectivity index (χ0v) is 11.7. The van der Waals surface area contributed by atoms with Crippen LogP contribution < -0.4 is 0 Å². The Balaban J connectivity index is 3.24. The third-order valence-electron chi connectivity index (χ3n) is 2.21. The minimum Gasteiger partial charge on any atom is -0.466 e. The summed E-state index contributed by atoms with van der Waals surface area (Å²) >= 11 is 2.51. The molecule has 0 aliphatic heterocycles. The molecular formula is C11H9BrF5NO2. The molecule has 0 amide bonds. The van der Waals surface area contributed by atoms with Gasteiger partial charge in [0.2, 0.25) is 0 Å². The van der Waals surface area contributed by atoms with Crippen LogP contribution in [0, 0.1) is 0 Å². The number of pyridine rings is 1. The Morgan fingerprint density at radius 3 is 2.50 bits per heavy atom. The molecule has 0 fully saturated rings. The van der Waals surface area contributed by atoms with Crippen molar-refractivity contribution < 1.29 is 31.5 Å². The first-order chi connectivity index (χ1) is 9.16. The van der Waals surface area contributed by atoms with Gasteiger partial charge < -0.3 is 4.74 Å². The summed E-state index contributed by atoms with van der Waals surface area (Å²) in [6.07, 6.45) is -8.79. The van der Waals surface area contributed by atoms with Gasteiger partial charge in [0.15, 0.2) is 0 Å². The molecule has 20 heavy (non-hydrogen) atoms. The Morgan fingerprint density at radius 2 is 2.05 bits per heavy atom. The summed E-state index contributed by atoms with van der Waals surface area (Å²) < 4.78 is 67.3. The van der Waals surface area contributed by atoms with E-state index in [9.17, 15) is 26.7 Å². The summed E-state index contributed by atoms with van der Waals surface area (Å²) in [5.74, 6) is -0.758. The standard InChI is InChI=1S/C11H9BrF5NO2/c1-2-20-7(19)4-5-3-6(10(13)14)8(9(12)18-5)11(15,16)17/h3,10H,2,4H2,1H3. The second-order valence-electron chi connectivity index (χ2n) is 3.65. The van der Waals surface area contributed by atoms with Crippen molar-refractivity contribution in [2.45, 2.75) is 25.9 Å². The predicted molar refractivity (Wildman–Crippen MR) is 62.2 cm³/mol. The molecule has 1 rings (SSSR count). The van der Waals surface area contributed by atoms with E-state index < -0.39 is 40.7 Å². The predicted octanol–water partition coefficient (Wildman–Crippen LogP) is 3.91. The van der Waals surface area contributed by atoms with Crippen molar-refractivity contribution in [3.63, 3.8) is 0 Å². The van der Waals surface area contributed by atoms with Crippen LogP contribution in [-0.4, -0.2) is 17.6 Å². The van der Waals surface area contributed by atoms with E-state index >= 15 is 0 Å². The maximum atomic E-state index is 12.7. The Kier molecular flexibility index (Phi) is 5.43. The molecule has 0 N–H and O–H groups in total. The quantitative estimate of drug-likeness (QED) is 0.463. The van der Waals surface area contributed by atoms with Crippen molar-refractivity contribution in [1.29, 1.82) is 0 Å². The normalized spacial score (nSPS) is 11.8. The van der Waals surface area contributed by atoms with E-state index in [1.807, 2.05) is 0 Å². The van der Waals surface area contributed by atoms with Gasteiger partial charge in [-0.2, -0.15) is 13.2 Å². The number of esters is 1. The number of halogens is 6. The first kappa shape index (κ1) is 16.8. The van der Waals surface area contributed by atoms with Gasteiger partial charge in [-0.25, -0.2) is 13.8 Å². The van der Waals surface area contributed by atoms with Crippen molar-refractivity contribution >= 4 is 21.9 Å². The number of rotatable bonds is 4. The zero-order chi connectivity index (χ0) is 15.5. The van der Waals surface area contributed by atoms with Crippen LogP contribution in [0.3, 0.4) is 0 Å². The minimum atomic E-state index is -4.97. The Hall–Kier alpha value is -1.25. The zero-order valence-electron chi connectivity index (χ0n) is 10.1. The van der Waals surface area contributed by atoms with Gasteiger partial charge in [-0.3, -0.25) is 4.79 Å². The molecule has 1 aromatic heterocycles. The molecule has 0 aliphatic carbocycles. The van der Waals surface area contributed by atoms with E-state index in [-0.39, 0.29) is 12.3 Å². The topological polar surface area (TPSA) is 39.2 Å². The van der Waals surface area contributed by atoms with Crippen molar-refractivity contribution in [3.05, 3.63) is 27.5 Å². The fraction of sp³-hybridized carbons (Fsp3) is 0.455. The molecule has 0 atom stereocenters. The molecule has 0 spiro atoms. The van der Waals surface area contributed by atoms with Crippen LogP contribution in [0.5, 0.6) is 0 Å². The highest BCUT2D eigenvalue weighted by Gasteiger charge is 2.39. The van der Waals surface area contributed by atoms with Crippen molar-refractivity contribution in [3.8, 4) is 0 Å². The van der Waals surface area contributed by atoms with Crippen LogP contribution >= 0.6 is 15.9 Å². The van der Waals surface area contributed by atoms with E-state index in [0.29, 0.717) is 6.07 Å². The number of carbonyl (C=O) groups is 1. The van der Waals surface area contributed by atoms with E-state index in [0.717, 1.165) is 0 Å². The average Bonchev–Trinajstić information content (AvgIpc) is 2.26. The lowest BCUT2D eigenvalue weighted by molar-refractivity contribution is -0.142. The fourth-order valence-corrected chi connectivity index (χ4v) is 2.17. The molecule has 1 heterocycles. The van der Waals surface area contributed by atoms with Gasteiger partial charge in [0.25, 0.3) is 6.43 Å². The van der Waals surface area contributed by atoms with Gasteiger partial charge in [-0.05, 0) is 28.9 Å². The highest BCUT2D eigenvalue weighted by molar-refractivity contribution is 9.10. The Bertz CT molecular complexity index is 504. The second kappa shape index (κ2) is 6.47. The van der Waals surface area contributed by atoms with Crippen LogP contribution in [0.25, 0.3) is 0 Å². The van der Waals surface area contributed by atoms with Crippen molar-refractivity contribution in [2.75, 3.05) is 6.61 Å². The number of nitrogens with zero attached hydrogens (tertiary/aromatic N) is 1. The SMILES string of the molecule is CCOC(=O)Cc1cc(C(F)F)c(C(F)(F)F)c(Br)n1. The van der Waals surface area contributed by atoms with Crippen molar-refractivity contribution in [1.82, 2.24) is 4.98 Å². The second-order valence-corrected chi connectivity index (χ2v) is 4.40. The van der Waals surface area contributed by atoms with Crippen LogP contribution in [0.2, 0.25) is 0 Å². The highest BCUT2D eigenvalue weighted by Crippen LogP contribution is 2.40. The van der Waals surface area contributed by atoms with Gasteiger partial charge in [0.1, 0.15) is 4.60 Å². The van der Waals surface area contributed by atoms with E-state index in [1.165, 1.54) is 0 Å². The molecule has 112 valence electrons. The van der Waals surface area contributed by atoms with Crippen LogP contribution in [0.15, 0.2) is 10.7 Å². The molecule has 0 aromatic carbocycles. The summed E-state index contributed by atoms with van der Waals surface area (Å²) in [6, 6.07) is 0.565. The third kappa shape index (κ3) is 4.12. The minimum absolute atomic E-state index is 0.0718. The molecule has 3 nitrogen and oxygen atoms in total. The number of alkyl halides is 5. The Labute approximate surface area is 119 Å². The summed E-state index contributed by atoms with van der Waals surface area (Å²) in [5.41, 5.74) is -2.99. The molecule has 0 bridgehead atoms. The lowest BCUT2D eigenvalue weighted by atomic mass is 10.1. The lowest BCUT2D eigenvalue weighted by Gasteiger charge is -2.15. The molecule has 1 aromatic rings. The molecule has 0 saturated carbocycles. The number of hydrogen-bond acceptors (Lipinski definition) is 3. The van der Waals surface area contributed by atoms with Gasteiger partial charge in [-0.15, -0.1) is 0 Å². The first-order valence-corrected chi connectivity index (χ1v) is 6.16. The number of hydrogen-bond donors (Lipinski definition) is 0. The van der Waals surface area contributed by atoms with Crippen LogP contribution in [-0.2, 0) is 22.1 Å². The fourth-order valence-electron chi connectivity index (χ4n) is 1.49. The van der Waals surface area contributed by atoms with Gasteiger partial charge in [0.05, 0.1) is 24.3 Å². The molecule has 0 unspecified atom stereocenters. The van der Waals surface area contributed by atoms with E-state index in [4.69, 9.17) is 0 Å². The first-order valence-electron chi connectivity index (χ1n) is 5.37. The van der Waals surface area contributed by atoms with Crippen molar-refractivity contribution in [2.24, 2.45) is 0 Å². The number of aromatic nitrogens is 1. The van der Waals surface area contributed by atoms with Gasteiger partial charge in [0, 0.05) is 5.56 Å². The number of carbonyl (C=O) groups excluding carboxylic acids is 1. The van der Waals surface area contributed by atoms with Gasteiger partial charge >= 0.3 is 12.1 Å². The van der Waals surface area contributed by atoms with Gasteiger partial charge in [-0.1, -0.05) is 0 Å². The number of ether oxygens (including phenoxy) is 1. The summed E-state index contributed by atoms with van der Waals surface area (Å²) in [4.78, 5) is 14.7. The lowest BCUT2D eigenvalue weighted by Crippen LogP contribution is -2.15. The van der Waals surface area contributed by atoms with E-state index in [2.05, 4.69) is 25.7 Å². The highest BCUT2D eigenvalue weighted by atomic mass is 79.9. The maximum absolute atomic E-state index is 12.7. The molecule has 0 saturated heterocycles. The maximum Gasteiger partial charge on any atom is 0.419 e. The third-order valence-corrected chi connectivity index (χ3v) is 2.78. The summed E-state index contributed by atoms with van der Waals surface area (Å²) in [7, 11) is 0. The largest absolute Gasteiger partial charge is 0.466 e. The molecule has 0 radical (unpaired) electrons. The Morgan fingerprint density at radius 1 is 1.45 bits per heavy atom. The van der Waals surface area contributed by atoms with Crippen LogP contribution in [0.4, 0.5) is 22.0 Å². The van der Waals surface area contributed by atoms with E-state index in [1.54, 1.807) is 6.92 Å². The average molecular weight is 362 g/mol. The smallest absolute Gasteiger partial charge is 0.419 e. The molecule has 9 heteroatoms. The van der Waals surface area contributed by atoms with Crippen LogP contribution in [0.1, 0.15) is 30.2 Å². The molecule has 0 aliphatic rings. The summed E-state index contributed by atoms with van der Waals surface area (Å²) in [6.45, 7) is 1.61. The summed E-state index contributed by atoms with van der Waals surface area (Å²) in [5, 5.41) is 0. The monoisotopic (exact) mass is 361 g/mol.